The third-order valence-electron chi connectivity index (χ3n) is 5.51. The Balaban J connectivity index is 1.93. The maximum atomic E-state index is 11.7. The van der Waals surface area contributed by atoms with Crippen LogP contribution in [0, 0.1) is 12.8 Å². The summed E-state index contributed by atoms with van der Waals surface area (Å²) < 4.78 is 0. The lowest BCUT2D eigenvalue weighted by Crippen LogP contribution is -2.43. The van der Waals surface area contributed by atoms with E-state index in [1.807, 2.05) is 6.07 Å². The summed E-state index contributed by atoms with van der Waals surface area (Å²) in [6.45, 7) is 4.30. The van der Waals surface area contributed by atoms with Crippen LogP contribution >= 0.6 is 0 Å². The molecule has 0 radical (unpaired) electrons. The highest BCUT2D eigenvalue weighted by Crippen LogP contribution is 2.44. The van der Waals surface area contributed by atoms with Crippen molar-refractivity contribution in [1.29, 1.82) is 0 Å². The summed E-state index contributed by atoms with van der Waals surface area (Å²) in [5, 5.41) is 9.65. The first kappa shape index (κ1) is 14.6. The summed E-state index contributed by atoms with van der Waals surface area (Å²) in [6, 6.07) is 8.70. The molecule has 3 heteroatoms. The van der Waals surface area contributed by atoms with Gasteiger partial charge in [0.05, 0.1) is 0 Å². The summed E-state index contributed by atoms with van der Waals surface area (Å²) in [4.78, 5) is 14.0. The van der Waals surface area contributed by atoms with Gasteiger partial charge >= 0.3 is 5.97 Å². The molecule has 0 amide bonds. The Morgan fingerprint density at radius 1 is 1.29 bits per heavy atom. The van der Waals surface area contributed by atoms with Crippen molar-refractivity contribution in [3.8, 4) is 0 Å². The van der Waals surface area contributed by atoms with Gasteiger partial charge in [0.1, 0.15) is 6.04 Å². The molecule has 1 heterocycles. The molecule has 1 saturated heterocycles. The number of carboxylic acids is 1. The van der Waals surface area contributed by atoms with Crippen LogP contribution in [0.15, 0.2) is 24.3 Å². The maximum Gasteiger partial charge on any atom is 0.320 e. The Morgan fingerprint density at radius 2 is 2.00 bits per heavy atom. The molecule has 0 unspecified atom stereocenters. The van der Waals surface area contributed by atoms with Crippen molar-refractivity contribution in [3.05, 3.63) is 35.4 Å². The minimum Gasteiger partial charge on any atom is -0.480 e. The first-order valence-electron chi connectivity index (χ1n) is 8.15. The van der Waals surface area contributed by atoms with Gasteiger partial charge in [0.25, 0.3) is 0 Å². The number of rotatable bonds is 3. The molecule has 0 aromatic heterocycles. The summed E-state index contributed by atoms with van der Waals surface area (Å²) in [7, 11) is 0. The molecule has 1 N–H and O–H groups in total. The van der Waals surface area contributed by atoms with E-state index in [0.717, 1.165) is 12.8 Å². The lowest BCUT2D eigenvalue weighted by atomic mass is 9.84. The highest BCUT2D eigenvalue weighted by atomic mass is 16.4. The summed E-state index contributed by atoms with van der Waals surface area (Å²) in [6.07, 6.45) is 5.69. The van der Waals surface area contributed by atoms with Crippen LogP contribution in [0.5, 0.6) is 0 Å². The second kappa shape index (κ2) is 5.80. The zero-order chi connectivity index (χ0) is 15.0. The fraction of sp³-hybridized carbons (Fsp3) is 0.611. The SMILES string of the molecule is Cc1ccccc1[C@@H](C)N1[C@H](C(=O)O)C[C@@H]2CCCC[C@@H]21. The second-order valence-electron chi connectivity index (χ2n) is 6.68. The van der Waals surface area contributed by atoms with E-state index in [4.69, 9.17) is 0 Å². The molecule has 1 saturated carbocycles. The molecule has 1 aliphatic heterocycles. The molecule has 1 aliphatic carbocycles. The van der Waals surface area contributed by atoms with E-state index in [1.54, 1.807) is 0 Å². The topological polar surface area (TPSA) is 40.5 Å². The Labute approximate surface area is 127 Å². The molecule has 3 rings (SSSR count). The molecule has 0 spiro atoms. The van der Waals surface area contributed by atoms with E-state index >= 15 is 0 Å². The van der Waals surface area contributed by atoms with Gasteiger partial charge in [-0.25, -0.2) is 0 Å². The third-order valence-corrected chi connectivity index (χ3v) is 5.51. The Kier molecular flexibility index (Phi) is 4.03. The van der Waals surface area contributed by atoms with Gasteiger partial charge in [-0.15, -0.1) is 0 Å². The number of nitrogens with zero attached hydrogens (tertiary/aromatic N) is 1. The molecular formula is C18H25NO2. The first-order chi connectivity index (χ1) is 10.1. The minimum atomic E-state index is -0.648. The molecule has 2 fully saturated rings. The van der Waals surface area contributed by atoms with E-state index in [0.29, 0.717) is 12.0 Å². The summed E-state index contributed by atoms with van der Waals surface area (Å²) in [5.74, 6) is -0.0730. The molecule has 4 atom stereocenters. The van der Waals surface area contributed by atoms with Crippen LogP contribution in [-0.2, 0) is 4.79 Å². The fourth-order valence-electron chi connectivity index (χ4n) is 4.50. The zero-order valence-electron chi connectivity index (χ0n) is 13.0. The van der Waals surface area contributed by atoms with Crippen molar-refractivity contribution in [3.63, 3.8) is 0 Å². The van der Waals surface area contributed by atoms with E-state index in [2.05, 4.69) is 36.9 Å². The number of hydrogen-bond acceptors (Lipinski definition) is 2. The highest BCUT2D eigenvalue weighted by Gasteiger charge is 2.47. The summed E-state index contributed by atoms with van der Waals surface area (Å²) in [5.41, 5.74) is 2.53. The van der Waals surface area contributed by atoms with Gasteiger partial charge in [-0.3, -0.25) is 9.69 Å². The second-order valence-corrected chi connectivity index (χ2v) is 6.68. The molecule has 3 nitrogen and oxygen atoms in total. The summed E-state index contributed by atoms with van der Waals surface area (Å²) >= 11 is 0. The van der Waals surface area contributed by atoms with Gasteiger partial charge in [0, 0.05) is 12.1 Å². The van der Waals surface area contributed by atoms with Gasteiger partial charge in [-0.2, -0.15) is 0 Å². The Morgan fingerprint density at radius 3 is 2.71 bits per heavy atom. The smallest absolute Gasteiger partial charge is 0.320 e. The fourth-order valence-corrected chi connectivity index (χ4v) is 4.50. The van der Waals surface area contributed by atoms with Crippen molar-refractivity contribution in [2.24, 2.45) is 5.92 Å². The van der Waals surface area contributed by atoms with Crippen LogP contribution < -0.4 is 0 Å². The quantitative estimate of drug-likeness (QED) is 0.920. The number of likely N-dealkylation sites (tertiary alicyclic amines) is 1. The molecular weight excluding hydrogens is 262 g/mol. The number of carboxylic acid groups (broad SMARTS) is 1. The van der Waals surface area contributed by atoms with Gasteiger partial charge < -0.3 is 5.11 Å². The first-order valence-corrected chi connectivity index (χ1v) is 8.15. The van der Waals surface area contributed by atoms with Crippen molar-refractivity contribution in [2.75, 3.05) is 0 Å². The number of aryl methyl sites for hydroxylation is 1. The predicted octanol–water partition coefficient (Wildman–Crippen LogP) is 3.77. The maximum absolute atomic E-state index is 11.7. The Bertz CT molecular complexity index is 528. The molecule has 0 bridgehead atoms. The van der Waals surface area contributed by atoms with E-state index in [9.17, 15) is 9.90 Å². The molecule has 2 aliphatic rings. The number of hydrogen-bond donors (Lipinski definition) is 1. The number of benzene rings is 1. The van der Waals surface area contributed by atoms with Crippen LogP contribution in [0.1, 0.15) is 56.2 Å². The average Bonchev–Trinajstić information content (AvgIpc) is 2.86. The number of fused-ring (bicyclic) bond motifs is 1. The normalized spacial score (nSPS) is 30.9. The van der Waals surface area contributed by atoms with Crippen LogP contribution in [0.4, 0.5) is 0 Å². The van der Waals surface area contributed by atoms with Gasteiger partial charge in [0.15, 0.2) is 0 Å². The lowest BCUT2D eigenvalue weighted by molar-refractivity contribution is -0.143. The predicted molar refractivity (Wildman–Crippen MR) is 83.2 cm³/mol. The largest absolute Gasteiger partial charge is 0.480 e. The monoisotopic (exact) mass is 287 g/mol. The number of carbonyl (C=O) groups is 1. The lowest BCUT2D eigenvalue weighted by Gasteiger charge is -2.37. The molecule has 1 aromatic carbocycles. The van der Waals surface area contributed by atoms with Crippen LogP contribution in [0.2, 0.25) is 0 Å². The van der Waals surface area contributed by atoms with Crippen molar-refractivity contribution in [2.45, 2.75) is 64.1 Å². The standard InChI is InChI=1S/C18H25NO2/c1-12-7-3-5-9-15(12)13(2)19-16-10-6-4-8-14(16)11-17(19)18(20)21/h3,5,7,9,13-14,16-17H,4,6,8,10-11H2,1-2H3,(H,20,21)/t13-,14+,16+,17+/m1/s1. The molecule has 21 heavy (non-hydrogen) atoms. The van der Waals surface area contributed by atoms with Crippen molar-refractivity contribution < 1.29 is 9.90 Å². The Hall–Kier alpha value is -1.35. The van der Waals surface area contributed by atoms with Gasteiger partial charge in [-0.05, 0) is 50.2 Å². The van der Waals surface area contributed by atoms with Gasteiger partial charge in [-0.1, -0.05) is 37.1 Å². The van der Waals surface area contributed by atoms with Crippen LogP contribution in [0.3, 0.4) is 0 Å². The van der Waals surface area contributed by atoms with Gasteiger partial charge in [0.2, 0.25) is 0 Å². The molecule has 1 aromatic rings. The van der Waals surface area contributed by atoms with Crippen molar-refractivity contribution in [1.82, 2.24) is 4.90 Å². The van der Waals surface area contributed by atoms with E-state index in [1.165, 1.54) is 30.4 Å². The van der Waals surface area contributed by atoms with E-state index in [-0.39, 0.29) is 12.1 Å². The van der Waals surface area contributed by atoms with Crippen LogP contribution in [-0.4, -0.2) is 28.1 Å². The highest BCUT2D eigenvalue weighted by molar-refractivity contribution is 5.74. The average molecular weight is 287 g/mol. The zero-order valence-corrected chi connectivity index (χ0v) is 13.0. The molecule has 114 valence electrons. The minimum absolute atomic E-state index is 0.181. The van der Waals surface area contributed by atoms with Crippen LogP contribution in [0.25, 0.3) is 0 Å². The van der Waals surface area contributed by atoms with Crippen molar-refractivity contribution >= 4 is 5.97 Å². The third kappa shape index (κ3) is 2.59. The van der Waals surface area contributed by atoms with E-state index < -0.39 is 5.97 Å². The number of aliphatic carboxylic acids is 1.